The molecule has 5 nitrogen and oxygen atoms in total. The number of hydrogen-bond acceptors (Lipinski definition) is 3. The van der Waals surface area contributed by atoms with Crippen molar-refractivity contribution < 1.29 is 22.8 Å². The van der Waals surface area contributed by atoms with Gasteiger partial charge in [-0.15, -0.1) is 0 Å². The second-order valence-electron chi connectivity index (χ2n) is 6.17. The third-order valence-electron chi connectivity index (χ3n) is 3.74. The van der Waals surface area contributed by atoms with Crippen LogP contribution in [0.15, 0.2) is 48.5 Å². The summed E-state index contributed by atoms with van der Waals surface area (Å²) in [5.74, 6) is -0.967. The summed E-state index contributed by atoms with van der Waals surface area (Å²) in [7, 11) is 1.52. The summed E-state index contributed by atoms with van der Waals surface area (Å²) in [5, 5.41) is 5.53. The Bertz CT molecular complexity index is 826. The molecule has 0 aromatic heterocycles. The summed E-state index contributed by atoms with van der Waals surface area (Å²) in [5.41, 5.74) is -0.380. The lowest BCUT2D eigenvalue weighted by molar-refractivity contribution is -0.137. The maximum absolute atomic E-state index is 13.0. The van der Waals surface area contributed by atoms with Crippen LogP contribution in [0.4, 0.5) is 18.9 Å². The molecule has 0 aliphatic carbocycles. The number of carbonyl (C=O) groups is 2. The van der Waals surface area contributed by atoms with Gasteiger partial charge in [0, 0.05) is 11.6 Å². The van der Waals surface area contributed by atoms with Crippen molar-refractivity contribution in [3.63, 3.8) is 0 Å². The highest BCUT2D eigenvalue weighted by atomic mass is 35.5. The number of para-hydroxylation sites is 1. The van der Waals surface area contributed by atoms with Crippen LogP contribution in [0.1, 0.15) is 11.1 Å². The van der Waals surface area contributed by atoms with E-state index in [1.165, 1.54) is 30.1 Å². The highest BCUT2D eigenvalue weighted by Crippen LogP contribution is 2.34. The second-order valence-corrected chi connectivity index (χ2v) is 6.60. The van der Waals surface area contributed by atoms with Crippen LogP contribution in [0.5, 0.6) is 0 Å². The van der Waals surface area contributed by atoms with Gasteiger partial charge in [0.05, 0.1) is 24.3 Å². The standard InChI is InChI=1S/C19H19ClF3N3O2/c1-26(11-17(27)24-10-13-6-8-14(20)9-7-13)12-18(28)25-16-5-3-2-4-15(16)19(21,22)23/h2-9H,10-12H2,1H3,(H,24,27)(H,25,28). The number of likely N-dealkylation sites (N-methyl/N-ethyl adjacent to an activating group) is 1. The van der Waals surface area contributed by atoms with Crippen LogP contribution >= 0.6 is 11.6 Å². The Kier molecular flexibility index (Phi) is 7.42. The Morgan fingerprint density at radius 3 is 2.25 bits per heavy atom. The average Bonchev–Trinajstić information content (AvgIpc) is 2.60. The van der Waals surface area contributed by atoms with E-state index in [4.69, 9.17) is 11.6 Å². The van der Waals surface area contributed by atoms with Gasteiger partial charge >= 0.3 is 6.18 Å². The van der Waals surface area contributed by atoms with E-state index in [0.717, 1.165) is 11.6 Å². The predicted molar refractivity (Wildman–Crippen MR) is 101 cm³/mol. The molecular weight excluding hydrogens is 395 g/mol. The number of carbonyl (C=O) groups excluding carboxylic acids is 2. The zero-order chi connectivity index (χ0) is 20.7. The highest BCUT2D eigenvalue weighted by molar-refractivity contribution is 6.30. The monoisotopic (exact) mass is 413 g/mol. The molecule has 150 valence electrons. The number of hydrogen-bond donors (Lipinski definition) is 2. The molecule has 0 spiro atoms. The van der Waals surface area contributed by atoms with Gasteiger partial charge in [0.2, 0.25) is 11.8 Å². The molecule has 0 aliphatic heterocycles. The molecule has 28 heavy (non-hydrogen) atoms. The van der Waals surface area contributed by atoms with Crippen LogP contribution < -0.4 is 10.6 Å². The van der Waals surface area contributed by atoms with Gasteiger partial charge < -0.3 is 10.6 Å². The lowest BCUT2D eigenvalue weighted by Gasteiger charge is -2.17. The molecule has 2 N–H and O–H groups in total. The Morgan fingerprint density at radius 1 is 1.00 bits per heavy atom. The predicted octanol–water partition coefficient (Wildman–Crippen LogP) is 3.55. The molecular formula is C19H19ClF3N3O2. The molecule has 0 aliphatic rings. The Balaban J connectivity index is 1.82. The fourth-order valence-electron chi connectivity index (χ4n) is 2.43. The first kappa shape index (κ1) is 21.7. The first-order chi connectivity index (χ1) is 13.1. The first-order valence-electron chi connectivity index (χ1n) is 8.31. The van der Waals surface area contributed by atoms with Crippen LogP contribution in [-0.4, -0.2) is 36.9 Å². The maximum atomic E-state index is 13.0. The van der Waals surface area contributed by atoms with E-state index in [-0.39, 0.29) is 24.7 Å². The van der Waals surface area contributed by atoms with Gasteiger partial charge in [-0.05, 0) is 36.9 Å². The zero-order valence-electron chi connectivity index (χ0n) is 15.0. The molecule has 2 aromatic carbocycles. The van der Waals surface area contributed by atoms with Crippen molar-refractivity contribution in [1.82, 2.24) is 10.2 Å². The Morgan fingerprint density at radius 2 is 1.61 bits per heavy atom. The molecule has 0 saturated carbocycles. The van der Waals surface area contributed by atoms with Crippen molar-refractivity contribution in [2.45, 2.75) is 12.7 Å². The summed E-state index contributed by atoms with van der Waals surface area (Å²) in [6.07, 6.45) is -4.57. The van der Waals surface area contributed by atoms with Crippen LogP contribution in [-0.2, 0) is 22.3 Å². The normalized spacial score (nSPS) is 11.4. The van der Waals surface area contributed by atoms with Crippen LogP contribution in [0.2, 0.25) is 5.02 Å². The molecule has 0 heterocycles. The smallest absolute Gasteiger partial charge is 0.351 e. The third-order valence-corrected chi connectivity index (χ3v) is 3.99. The molecule has 0 unspecified atom stereocenters. The second kappa shape index (κ2) is 9.57. The minimum absolute atomic E-state index is 0.0814. The summed E-state index contributed by atoms with van der Waals surface area (Å²) in [4.78, 5) is 25.4. The maximum Gasteiger partial charge on any atom is 0.418 e. The number of rotatable bonds is 7. The number of alkyl halides is 3. The molecule has 0 saturated heterocycles. The fourth-order valence-corrected chi connectivity index (χ4v) is 2.56. The van der Waals surface area contributed by atoms with E-state index in [1.807, 2.05) is 0 Å². The summed E-state index contributed by atoms with van der Waals surface area (Å²) in [6, 6.07) is 11.7. The number of anilines is 1. The van der Waals surface area contributed by atoms with Gasteiger partial charge in [-0.25, -0.2) is 0 Å². The van der Waals surface area contributed by atoms with Gasteiger partial charge in [0.1, 0.15) is 0 Å². The Hall–Kier alpha value is -2.58. The van der Waals surface area contributed by atoms with Crippen molar-refractivity contribution in [3.8, 4) is 0 Å². The number of amides is 2. The summed E-state index contributed by atoms with van der Waals surface area (Å²) >= 11 is 5.79. The first-order valence-corrected chi connectivity index (χ1v) is 8.68. The van der Waals surface area contributed by atoms with Crippen LogP contribution in [0, 0.1) is 0 Å². The number of nitrogens with one attached hydrogen (secondary N) is 2. The number of halogens is 4. The topological polar surface area (TPSA) is 61.4 Å². The molecule has 0 atom stereocenters. The van der Waals surface area contributed by atoms with Crippen molar-refractivity contribution in [2.24, 2.45) is 0 Å². The zero-order valence-corrected chi connectivity index (χ0v) is 15.8. The van der Waals surface area contributed by atoms with Crippen LogP contribution in [0.3, 0.4) is 0 Å². The molecule has 0 bridgehead atoms. The lowest BCUT2D eigenvalue weighted by atomic mass is 10.1. The van der Waals surface area contributed by atoms with Gasteiger partial charge in [-0.1, -0.05) is 35.9 Å². The molecule has 2 aromatic rings. The van der Waals surface area contributed by atoms with Crippen molar-refractivity contribution in [1.29, 1.82) is 0 Å². The largest absolute Gasteiger partial charge is 0.418 e. The van der Waals surface area contributed by atoms with Gasteiger partial charge in [0.15, 0.2) is 0 Å². The minimum atomic E-state index is -4.57. The minimum Gasteiger partial charge on any atom is -0.351 e. The molecule has 2 amide bonds. The Labute approximate surface area is 165 Å². The lowest BCUT2D eigenvalue weighted by Crippen LogP contribution is -2.38. The third kappa shape index (κ3) is 6.86. The van der Waals surface area contributed by atoms with Gasteiger partial charge in [0.25, 0.3) is 0 Å². The SMILES string of the molecule is CN(CC(=O)NCc1ccc(Cl)cc1)CC(=O)Nc1ccccc1C(F)(F)F. The molecule has 0 fully saturated rings. The summed E-state index contributed by atoms with van der Waals surface area (Å²) in [6.45, 7) is -0.0164. The van der Waals surface area contributed by atoms with Crippen LogP contribution in [0.25, 0.3) is 0 Å². The van der Waals surface area contributed by atoms with E-state index in [1.54, 1.807) is 24.3 Å². The summed E-state index contributed by atoms with van der Waals surface area (Å²) < 4.78 is 38.9. The van der Waals surface area contributed by atoms with Crippen molar-refractivity contribution >= 4 is 29.1 Å². The van der Waals surface area contributed by atoms with Gasteiger partial charge in [-0.3, -0.25) is 14.5 Å². The van der Waals surface area contributed by atoms with E-state index >= 15 is 0 Å². The number of benzene rings is 2. The molecule has 9 heteroatoms. The fraction of sp³-hybridized carbons (Fsp3) is 0.263. The highest BCUT2D eigenvalue weighted by Gasteiger charge is 2.33. The quantitative estimate of drug-likeness (QED) is 0.729. The molecule has 2 rings (SSSR count). The van der Waals surface area contributed by atoms with E-state index in [0.29, 0.717) is 11.6 Å². The average molecular weight is 414 g/mol. The van der Waals surface area contributed by atoms with Crippen molar-refractivity contribution in [3.05, 3.63) is 64.7 Å². The van der Waals surface area contributed by atoms with E-state index in [9.17, 15) is 22.8 Å². The van der Waals surface area contributed by atoms with E-state index in [2.05, 4.69) is 10.6 Å². The molecule has 0 radical (unpaired) electrons. The van der Waals surface area contributed by atoms with E-state index < -0.39 is 17.6 Å². The van der Waals surface area contributed by atoms with Crippen molar-refractivity contribution in [2.75, 3.05) is 25.5 Å². The van der Waals surface area contributed by atoms with Gasteiger partial charge in [-0.2, -0.15) is 13.2 Å². The number of nitrogens with zero attached hydrogens (tertiary/aromatic N) is 1.